The van der Waals surface area contributed by atoms with Crippen LogP contribution in [0.1, 0.15) is 32.1 Å². The van der Waals surface area contributed by atoms with E-state index in [-0.39, 0.29) is 0 Å². The number of nitrogens with zero attached hydrogens (tertiary/aromatic N) is 1. The Kier molecular flexibility index (Phi) is 5.40. The molecule has 0 aromatic carbocycles. The number of hydrogen-bond acceptors (Lipinski definition) is 2. The lowest BCUT2D eigenvalue weighted by molar-refractivity contribution is -0.121. The van der Waals surface area contributed by atoms with Crippen LogP contribution in [0.25, 0.3) is 0 Å². The molecule has 0 saturated carbocycles. The lowest BCUT2D eigenvalue weighted by Gasteiger charge is -2.25. The Morgan fingerprint density at radius 2 is 1.85 bits per heavy atom. The van der Waals surface area contributed by atoms with Crippen molar-refractivity contribution in [3.05, 3.63) is 0 Å². The molecular formula is C10H18ClNO. The number of likely N-dealkylation sites (tertiary alicyclic amines) is 1. The fourth-order valence-electron chi connectivity index (χ4n) is 1.63. The second-order valence-electron chi connectivity index (χ2n) is 3.63. The van der Waals surface area contributed by atoms with Crippen molar-refractivity contribution in [2.24, 2.45) is 0 Å². The van der Waals surface area contributed by atoms with Crippen molar-refractivity contribution in [2.75, 3.05) is 25.5 Å². The molecule has 1 fully saturated rings. The zero-order valence-electron chi connectivity index (χ0n) is 8.10. The molecule has 0 aromatic heterocycles. The van der Waals surface area contributed by atoms with Crippen molar-refractivity contribution in [3.63, 3.8) is 0 Å². The maximum absolute atomic E-state index is 10.9. The Hall–Kier alpha value is -0.0800. The number of carbonyl (C=O) groups is 1. The number of ketones is 1. The summed E-state index contributed by atoms with van der Waals surface area (Å²) in [6.45, 7) is 3.09. The molecule has 1 heterocycles. The Morgan fingerprint density at radius 1 is 1.15 bits per heavy atom. The van der Waals surface area contributed by atoms with Crippen LogP contribution >= 0.6 is 11.6 Å². The van der Waals surface area contributed by atoms with E-state index in [2.05, 4.69) is 4.90 Å². The fourth-order valence-corrected chi connectivity index (χ4v) is 1.82. The molecule has 0 unspecified atom stereocenters. The first-order valence-electron chi connectivity index (χ1n) is 5.13. The number of hydrogen-bond donors (Lipinski definition) is 0. The second-order valence-corrected chi connectivity index (χ2v) is 4.01. The van der Waals surface area contributed by atoms with Crippen LogP contribution in [0.3, 0.4) is 0 Å². The molecule has 1 saturated heterocycles. The number of alkyl halides is 1. The van der Waals surface area contributed by atoms with Crippen LogP contribution in [0.15, 0.2) is 0 Å². The lowest BCUT2D eigenvalue weighted by atomic mass is 10.1. The molecular weight excluding hydrogens is 186 g/mol. The molecule has 0 aromatic rings. The minimum atomic E-state index is 0.428. The van der Waals surface area contributed by atoms with E-state index >= 15 is 0 Å². The minimum Gasteiger partial charge on any atom is -0.302 e. The maximum Gasteiger partial charge on any atom is 0.135 e. The van der Waals surface area contributed by atoms with Crippen molar-refractivity contribution in [2.45, 2.75) is 32.1 Å². The van der Waals surface area contributed by atoms with Crippen LogP contribution in [-0.4, -0.2) is 36.2 Å². The van der Waals surface area contributed by atoms with E-state index in [1.54, 1.807) is 0 Å². The van der Waals surface area contributed by atoms with Gasteiger partial charge in [-0.05, 0) is 19.4 Å². The van der Waals surface area contributed by atoms with Gasteiger partial charge in [-0.25, -0.2) is 0 Å². The van der Waals surface area contributed by atoms with Crippen molar-refractivity contribution >= 4 is 17.4 Å². The first-order chi connectivity index (χ1) is 6.33. The van der Waals surface area contributed by atoms with Crippen LogP contribution < -0.4 is 0 Å². The second kappa shape index (κ2) is 6.39. The summed E-state index contributed by atoms with van der Waals surface area (Å²) in [5.41, 5.74) is 0. The third-order valence-corrected chi connectivity index (χ3v) is 2.79. The summed E-state index contributed by atoms with van der Waals surface area (Å²) in [6.07, 6.45) is 5.08. The van der Waals surface area contributed by atoms with Gasteiger partial charge in [-0.2, -0.15) is 0 Å². The van der Waals surface area contributed by atoms with E-state index < -0.39 is 0 Å². The molecule has 1 rings (SSSR count). The van der Waals surface area contributed by atoms with Gasteiger partial charge in [0.2, 0.25) is 0 Å². The molecule has 0 aliphatic carbocycles. The first-order valence-corrected chi connectivity index (χ1v) is 5.66. The van der Waals surface area contributed by atoms with Gasteiger partial charge in [0, 0.05) is 31.8 Å². The molecule has 76 valence electrons. The van der Waals surface area contributed by atoms with E-state index in [9.17, 15) is 4.79 Å². The van der Waals surface area contributed by atoms with Gasteiger partial charge in [-0.15, -0.1) is 11.6 Å². The molecule has 2 nitrogen and oxygen atoms in total. The first kappa shape index (κ1) is 11.0. The van der Waals surface area contributed by atoms with E-state index in [4.69, 9.17) is 11.6 Å². The van der Waals surface area contributed by atoms with Crippen LogP contribution in [0, 0.1) is 0 Å². The summed E-state index contributed by atoms with van der Waals surface area (Å²) in [5, 5.41) is 0. The van der Waals surface area contributed by atoms with Gasteiger partial charge in [0.05, 0.1) is 0 Å². The van der Waals surface area contributed by atoms with Gasteiger partial charge in [0.25, 0.3) is 0 Å². The Bertz CT molecular complexity index is 151. The van der Waals surface area contributed by atoms with Crippen LogP contribution in [0.2, 0.25) is 0 Å². The molecule has 0 bridgehead atoms. The highest BCUT2D eigenvalue weighted by Gasteiger charge is 2.14. The Labute approximate surface area is 85.2 Å². The highest BCUT2D eigenvalue weighted by atomic mass is 35.5. The average Bonchev–Trinajstić information content (AvgIpc) is 2.15. The van der Waals surface area contributed by atoms with E-state index in [1.807, 2.05) is 0 Å². The number of carbonyl (C=O) groups excluding carboxylic acids is 1. The van der Waals surface area contributed by atoms with E-state index in [0.717, 1.165) is 44.8 Å². The van der Waals surface area contributed by atoms with Crippen LogP contribution in [0.5, 0.6) is 0 Å². The maximum atomic E-state index is 10.9. The van der Waals surface area contributed by atoms with Crippen molar-refractivity contribution in [1.82, 2.24) is 4.90 Å². The number of rotatable bonds is 5. The predicted octanol–water partition coefficient (Wildman–Crippen LogP) is 2.06. The van der Waals surface area contributed by atoms with Gasteiger partial charge in [0.1, 0.15) is 5.78 Å². The third-order valence-electron chi connectivity index (χ3n) is 2.52. The van der Waals surface area contributed by atoms with E-state index in [1.165, 1.54) is 12.8 Å². The standard InChI is InChI=1S/C10H18ClNO/c11-6-2-1-3-7-12-8-4-10(13)5-9-12/h1-9H2. The van der Waals surface area contributed by atoms with Crippen molar-refractivity contribution in [1.29, 1.82) is 0 Å². The molecule has 3 heteroatoms. The third kappa shape index (κ3) is 4.63. The zero-order valence-corrected chi connectivity index (χ0v) is 8.85. The molecule has 0 spiro atoms. The number of piperidine rings is 1. The smallest absolute Gasteiger partial charge is 0.135 e. The predicted molar refractivity (Wildman–Crippen MR) is 55.3 cm³/mol. The Balaban J connectivity index is 1.99. The molecule has 0 atom stereocenters. The van der Waals surface area contributed by atoms with E-state index in [0.29, 0.717) is 5.78 Å². The van der Waals surface area contributed by atoms with Crippen LogP contribution in [-0.2, 0) is 4.79 Å². The Morgan fingerprint density at radius 3 is 2.46 bits per heavy atom. The molecule has 1 aliphatic heterocycles. The SMILES string of the molecule is O=C1CCN(CCCCCCl)CC1. The van der Waals surface area contributed by atoms with Gasteiger partial charge < -0.3 is 4.90 Å². The minimum absolute atomic E-state index is 0.428. The highest BCUT2D eigenvalue weighted by Crippen LogP contribution is 2.07. The number of unbranched alkanes of at least 4 members (excludes halogenated alkanes) is 2. The molecule has 0 amide bonds. The van der Waals surface area contributed by atoms with Gasteiger partial charge in [-0.3, -0.25) is 4.79 Å². The van der Waals surface area contributed by atoms with Crippen LogP contribution in [0.4, 0.5) is 0 Å². The molecule has 13 heavy (non-hydrogen) atoms. The van der Waals surface area contributed by atoms with Gasteiger partial charge >= 0.3 is 0 Å². The topological polar surface area (TPSA) is 20.3 Å². The fraction of sp³-hybridized carbons (Fsp3) is 0.900. The van der Waals surface area contributed by atoms with Gasteiger partial charge in [-0.1, -0.05) is 6.42 Å². The molecule has 1 aliphatic rings. The molecule has 0 N–H and O–H groups in total. The van der Waals surface area contributed by atoms with Crippen molar-refractivity contribution < 1.29 is 4.79 Å². The van der Waals surface area contributed by atoms with Gasteiger partial charge in [0.15, 0.2) is 0 Å². The van der Waals surface area contributed by atoms with Crippen molar-refractivity contribution in [3.8, 4) is 0 Å². The summed E-state index contributed by atoms with van der Waals surface area (Å²) in [7, 11) is 0. The summed E-state index contributed by atoms with van der Waals surface area (Å²) < 4.78 is 0. The lowest BCUT2D eigenvalue weighted by Crippen LogP contribution is -2.34. The normalized spacial score (nSPS) is 19.3. The summed E-state index contributed by atoms with van der Waals surface area (Å²) in [5.74, 6) is 1.20. The largest absolute Gasteiger partial charge is 0.302 e. The average molecular weight is 204 g/mol. The summed E-state index contributed by atoms with van der Waals surface area (Å²) in [6, 6.07) is 0. The molecule has 0 radical (unpaired) electrons. The summed E-state index contributed by atoms with van der Waals surface area (Å²) >= 11 is 5.58. The quantitative estimate of drug-likeness (QED) is 0.504. The summed E-state index contributed by atoms with van der Waals surface area (Å²) in [4.78, 5) is 13.3. The monoisotopic (exact) mass is 203 g/mol. The highest BCUT2D eigenvalue weighted by molar-refractivity contribution is 6.17. The number of halogens is 1. The zero-order chi connectivity index (χ0) is 9.52. The number of Topliss-reactive ketones (excluding diaryl/α,β-unsaturated/α-hetero) is 1.